The molecule has 0 amide bonds. The minimum absolute atomic E-state index is 0.0240. The molecule has 0 saturated carbocycles. The van der Waals surface area contributed by atoms with E-state index in [0.717, 1.165) is 0 Å². The molecule has 0 aromatic heterocycles. The molecule has 0 atom stereocenters. The lowest BCUT2D eigenvalue weighted by molar-refractivity contribution is 0.0610. The minimum atomic E-state index is -0.533. The summed E-state index contributed by atoms with van der Waals surface area (Å²) in [4.78, 5) is 12.3. The summed E-state index contributed by atoms with van der Waals surface area (Å²) in [7, 11) is 4.52. The number of ether oxygens (including phenoxy) is 4. The summed E-state index contributed by atoms with van der Waals surface area (Å²) in [5.41, 5.74) is -0.117. The molecule has 0 aliphatic carbocycles. The van der Waals surface area contributed by atoms with Crippen LogP contribution in [0.5, 0.6) is 23.0 Å². The van der Waals surface area contributed by atoms with Gasteiger partial charge in [0.15, 0.2) is 17.3 Å². The number of rotatable bonds is 3. The molecule has 19 heavy (non-hydrogen) atoms. The molecule has 2 rings (SSSR count). The van der Waals surface area contributed by atoms with Crippen LogP contribution in [0.3, 0.4) is 0 Å². The number of hydrogen-bond donors (Lipinski definition) is 0. The molecular formula is C14H18O5. The average Bonchev–Trinajstić information content (AvgIpc) is 2.34. The zero-order valence-electron chi connectivity index (χ0n) is 11.8. The molecule has 0 N–H and O–H groups in total. The van der Waals surface area contributed by atoms with Crippen LogP contribution in [0.2, 0.25) is 0 Å². The van der Waals surface area contributed by atoms with E-state index in [9.17, 15) is 4.79 Å². The lowest BCUT2D eigenvalue weighted by Crippen LogP contribution is -2.36. The van der Waals surface area contributed by atoms with Gasteiger partial charge in [-0.15, -0.1) is 0 Å². The second kappa shape index (κ2) is 4.64. The van der Waals surface area contributed by atoms with E-state index in [0.29, 0.717) is 35.0 Å². The smallest absolute Gasteiger partial charge is 0.204 e. The van der Waals surface area contributed by atoms with Crippen LogP contribution in [-0.4, -0.2) is 32.7 Å². The third-order valence-electron chi connectivity index (χ3n) is 3.05. The quantitative estimate of drug-likeness (QED) is 0.841. The van der Waals surface area contributed by atoms with Gasteiger partial charge in [-0.1, -0.05) is 0 Å². The summed E-state index contributed by atoms with van der Waals surface area (Å²) in [6.07, 6.45) is 0.297. The number of fused-ring (bicyclic) bond motifs is 1. The molecule has 1 aromatic rings. The summed E-state index contributed by atoms with van der Waals surface area (Å²) >= 11 is 0. The van der Waals surface area contributed by atoms with Gasteiger partial charge in [-0.25, -0.2) is 0 Å². The van der Waals surface area contributed by atoms with Gasteiger partial charge in [0.2, 0.25) is 5.75 Å². The summed E-state index contributed by atoms with van der Waals surface area (Å²) in [5.74, 6) is 1.68. The molecule has 1 aliphatic heterocycles. The van der Waals surface area contributed by atoms with Gasteiger partial charge in [-0.3, -0.25) is 4.79 Å². The van der Waals surface area contributed by atoms with Crippen molar-refractivity contribution in [3.63, 3.8) is 0 Å². The van der Waals surface area contributed by atoms with Crippen LogP contribution in [0.25, 0.3) is 0 Å². The predicted octanol–water partition coefficient (Wildman–Crippen LogP) is 2.46. The minimum Gasteiger partial charge on any atom is -0.493 e. The summed E-state index contributed by atoms with van der Waals surface area (Å²) in [6.45, 7) is 3.74. The largest absolute Gasteiger partial charge is 0.493 e. The number of hydrogen-bond acceptors (Lipinski definition) is 5. The van der Waals surface area contributed by atoms with Crippen LogP contribution >= 0.6 is 0 Å². The third-order valence-corrected chi connectivity index (χ3v) is 3.05. The van der Waals surface area contributed by atoms with Crippen LogP contribution in [-0.2, 0) is 0 Å². The van der Waals surface area contributed by atoms with E-state index in [4.69, 9.17) is 18.9 Å². The van der Waals surface area contributed by atoms with Crippen molar-refractivity contribution in [2.75, 3.05) is 21.3 Å². The monoisotopic (exact) mass is 266 g/mol. The van der Waals surface area contributed by atoms with Gasteiger partial charge in [0, 0.05) is 6.07 Å². The van der Waals surface area contributed by atoms with E-state index in [1.165, 1.54) is 21.3 Å². The Kier molecular flexibility index (Phi) is 3.30. The van der Waals surface area contributed by atoms with Crippen molar-refractivity contribution in [2.45, 2.75) is 25.9 Å². The number of methoxy groups -OCH3 is 3. The Bertz CT molecular complexity index is 519. The first kappa shape index (κ1) is 13.5. The lowest BCUT2D eigenvalue weighted by Gasteiger charge is -2.32. The highest BCUT2D eigenvalue weighted by Gasteiger charge is 2.37. The molecule has 0 saturated heterocycles. The van der Waals surface area contributed by atoms with Crippen molar-refractivity contribution in [1.82, 2.24) is 0 Å². The molecule has 5 heteroatoms. The molecule has 0 radical (unpaired) electrons. The van der Waals surface area contributed by atoms with Crippen LogP contribution in [0, 0.1) is 0 Å². The highest BCUT2D eigenvalue weighted by molar-refractivity contribution is 6.04. The van der Waals surface area contributed by atoms with Crippen molar-refractivity contribution in [1.29, 1.82) is 0 Å². The fourth-order valence-electron chi connectivity index (χ4n) is 2.29. The van der Waals surface area contributed by atoms with Crippen molar-refractivity contribution in [3.8, 4) is 23.0 Å². The average molecular weight is 266 g/mol. The van der Waals surface area contributed by atoms with Gasteiger partial charge in [0.1, 0.15) is 16.9 Å². The number of carbonyl (C=O) groups is 1. The fraction of sp³-hybridized carbons (Fsp3) is 0.500. The molecular weight excluding hydrogens is 248 g/mol. The van der Waals surface area contributed by atoms with Crippen molar-refractivity contribution in [3.05, 3.63) is 11.6 Å². The van der Waals surface area contributed by atoms with E-state index < -0.39 is 5.60 Å². The number of ketones is 1. The zero-order valence-corrected chi connectivity index (χ0v) is 11.8. The maximum absolute atomic E-state index is 12.3. The summed E-state index contributed by atoms with van der Waals surface area (Å²) in [5, 5.41) is 0. The zero-order chi connectivity index (χ0) is 14.2. The van der Waals surface area contributed by atoms with Crippen molar-refractivity contribution in [2.24, 2.45) is 0 Å². The van der Waals surface area contributed by atoms with Gasteiger partial charge >= 0.3 is 0 Å². The molecule has 104 valence electrons. The first-order valence-electron chi connectivity index (χ1n) is 5.98. The van der Waals surface area contributed by atoms with E-state index in [1.54, 1.807) is 6.07 Å². The molecule has 1 heterocycles. The topological polar surface area (TPSA) is 54.0 Å². The molecule has 5 nitrogen and oxygen atoms in total. The van der Waals surface area contributed by atoms with Crippen LogP contribution in [0.1, 0.15) is 30.6 Å². The van der Waals surface area contributed by atoms with E-state index >= 15 is 0 Å². The van der Waals surface area contributed by atoms with Gasteiger partial charge in [0.25, 0.3) is 0 Å². The van der Waals surface area contributed by atoms with Crippen LogP contribution in [0.15, 0.2) is 6.07 Å². The Morgan fingerprint density at radius 2 is 1.74 bits per heavy atom. The summed E-state index contributed by atoms with van der Waals surface area (Å²) in [6, 6.07) is 1.66. The SMILES string of the molecule is COc1cc2c(c(OC)c1OC)C(=O)CC(C)(C)O2. The highest BCUT2D eigenvalue weighted by atomic mass is 16.5. The number of carbonyl (C=O) groups excluding carboxylic acids is 1. The molecule has 0 unspecified atom stereocenters. The second-order valence-electron chi connectivity index (χ2n) is 4.98. The van der Waals surface area contributed by atoms with E-state index in [1.807, 2.05) is 13.8 Å². The predicted molar refractivity (Wildman–Crippen MR) is 69.8 cm³/mol. The first-order valence-corrected chi connectivity index (χ1v) is 5.98. The fourth-order valence-corrected chi connectivity index (χ4v) is 2.29. The normalized spacial score (nSPS) is 16.4. The Hall–Kier alpha value is -1.91. The standard InChI is InChI=1S/C14H18O5/c1-14(2)7-8(15)11-9(19-14)6-10(16-3)12(17-4)13(11)18-5/h6H,7H2,1-5H3. The third kappa shape index (κ3) is 2.20. The first-order chi connectivity index (χ1) is 8.93. The molecule has 0 fully saturated rings. The Labute approximate surface area is 112 Å². The van der Waals surface area contributed by atoms with E-state index in [2.05, 4.69) is 0 Å². The molecule has 1 aromatic carbocycles. The van der Waals surface area contributed by atoms with Crippen molar-refractivity contribution >= 4 is 5.78 Å². The Morgan fingerprint density at radius 3 is 2.26 bits per heavy atom. The Balaban J connectivity index is 2.69. The van der Waals surface area contributed by atoms with Crippen LogP contribution < -0.4 is 18.9 Å². The molecule has 1 aliphatic rings. The van der Waals surface area contributed by atoms with Crippen molar-refractivity contribution < 1.29 is 23.7 Å². The maximum Gasteiger partial charge on any atom is 0.204 e. The van der Waals surface area contributed by atoms with Gasteiger partial charge in [-0.05, 0) is 13.8 Å². The van der Waals surface area contributed by atoms with Crippen LogP contribution in [0.4, 0.5) is 0 Å². The number of Topliss-reactive ketones (excluding diaryl/α,β-unsaturated/α-hetero) is 1. The summed E-state index contributed by atoms with van der Waals surface area (Å²) < 4.78 is 21.7. The maximum atomic E-state index is 12.3. The highest BCUT2D eigenvalue weighted by Crippen LogP contribution is 2.48. The second-order valence-corrected chi connectivity index (χ2v) is 4.98. The van der Waals surface area contributed by atoms with E-state index in [-0.39, 0.29) is 5.78 Å². The number of benzene rings is 1. The molecule has 0 bridgehead atoms. The van der Waals surface area contributed by atoms with Gasteiger partial charge < -0.3 is 18.9 Å². The Morgan fingerprint density at radius 1 is 1.11 bits per heavy atom. The van der Waals surface area contributed by atoms with Gasteiger partial charge in [-0.2, -0.15) is 0 Å². The molecule has 0 spiro atoms. The van der Waals surface area contributed by atoms with Gasteiger partial charge in [0.05, 0.1) is 27.8 Å². The lowest BCUT2D eigenvalue weighted by atomic mass is 9.92.